The second kappa shape index (κ2) is 73.9. The van der Waals surface area contributed by atoms with Crippen molar-refractivity contribution in [3.05, 3.63) is 109 Å². The molecule has 0 aromatic heterocycles. The Balaban J connectivity index is 3.96. The predicted octanol–water partition coefficient (Wildman–Crippen LogP) is 25.8. The molecule has 0 saturated heterocycles. The lowest BCUT2D eigenvalue weighted by Crippen LogP contribution is -2.37. The first-order chi connectivity index (χ1) is 46.0. The number of hydrogen-bond acceptors (Lipinski definition) is 8. The summed E-state index contributed by atoms with van der Waals surface area (Å²) in [6.07, 6.45) is 105. The fourth-order valence-electron chi connectivity index (χ4n) is 11.3. The molecule has 0 fully saturated rings. The van der Waals surface area contributed by atoms with Crippen LogP contribution in [-0.4, -0.2) is 70.0 Å². The first-order valence-electron chi connectivity index (χ1n) is 39.6. The summed E-state index contributed by atoms with van der Waals surface area (Å²) >= 11 is 0. The zero-order valence-electron chi connectivity index (χ0n) is 62.1. The monoisotopic (exact) mass is 1330 g/mol. The molecule has 0 aromatic rings. The molecule has 0 aliphatic carbocycles. The van der Waals surface area contributed by atoms with E-state index < -0.39 is 26.5 Å². The molecule has 9 nitrogen and oxygen atoms in total. The maximum atomic E-state index is 12.9. The van der Waals surface area contributed by atoms with E-state index in [2.05, 4.69) is 123 Å². The van der Waals surface area contributed by atoms with Gasteiger partial charge in [0.2, 0.25) is 0 Å². The van der Waals surface area contributed by atoms with Crippen molar-refractivity contribution in [1.29, 1.82) is 0 Å². The van der Waals surface area contributed by atoms with Gasteiger partial charge in [-0.1, -0.05) is 354 Å². The third-order valence-electron chi connectivity index (χ3n) is 17.3. The van der Waals surface area contributed by atoms with Crippen molar-refractivity contribution in [1.82, 2.24) is 0 Å². The number of likely N-dealkylation sites (N-methyl/N-ethyl adjacent to an activating group) is 1. The van der Waals surface area contributed by atoms with E-state index in [1.165, 1.54) is 238 Å². The van der Waals surface area contributed by atoms with Gasteiger partial charge in [-0.05, 0) is 103 Å². The summed E-state index contributed by atoms with van der Waals surface area (Å²) in [6.45, 7) is 4.16. The Morgan fingerprint density at radius 1 is 0.340 bits per heavy atom. The van der Waals surface area contributed by atoms with Crippen molar-refractivity contribution in [3.8, 4) is 0 Å². The van der Waals surface area contributed by atoms with E-state index >= 15 is 0 Å². The Labute approximate surface area is 582 Å². The fourth-order valence-corrected chi connectivity index (χ4v) is 12.0. The summed E-state index contributed by atoms with van der Waals surface area (Å²) in [6, 6.07) is 0. The minimum Gasteiger partial charge on any atom is -0.756 e. The van der Waals surface area contributed by atoms with E-state index in [9.17, 15) is 19.0 Å². The first-order valence-corrected chi connectivity index (χ1v) is 41.1. The zero-order chi connectivity index (χ0) is 68.3. The van der Waals surface area contributed by atoms with Gasteiger partial charge in [-0.3, -0.25) is 14.2 Å². The van der Waals surface area contributed by atoms with Gasteiger partial charge in [-0.15, -0.1) is 0 Å². The number of unbranched alkanes of at least 4 members (excludes halogenated alkanes) is 41. The largest absolute Gasteiger partial charge is 0.756 e. The minimum atomic E-state index is -4.65. The maximum Gasteiger partial charge on any atom is 0.306 e. The second-order valence-corrected chi connectivity index (χ2v) is 29.1. The molecular weight excluding hydrogens is 1180 g/mol. The highest BCUT2D eigenvalue weighted by Gasteiger charge is 2.22. The number of phosphoric ester groups is 1. The lowest BCUT2D eigenvalue weighted by molar-refractivity contribution is -0.870. The van der Waals surface area contributed by atoms with E-state index in [0.29, 0.717) is 17.4 Å². The molecule has 0 aliphatic rings. The van der Waals surface area contributed by atoms with Crippen molar-refractivity contribution in [2.24, 2.45) is 0 Å². The topological polar surface area (TPSA) is 111 Å². The van der Waals surface area contributed by atoms with Gasteiger partial charge in [0.1, 0.15) is 19.8 Å². The Hall–Kier alpha value is -3.33. The first kappa shape index (κ1) is 90.7. The number of esters is 2. The third-order valence-corrected chi connectivity index (χ3v) is 18.2. The van der Waals surface area contributed by atoms with Crippen LogP contribution in [0.1, 0.15) is 361 Å². The maximum absolute atomic E-state index is 12.9. The van der Waals surface area contributed by atoms with Gasteiger partial charge in [0.15, 0.2) is 6.10 Å². The summed E-state index contributed by atoms with van der Waals surface area (Å²) in [7, 11) is 1.18. The molecule has 0 saturated carbocycles. The Morgan fingerprint density at radius 2 is 0.606 bits per heavy atom. The Morgan fingerprint density at radius 3 is 0.904 bits per heavy atom. The highest BCUT2D eigenvalue weighted by Crippen LogP contribution is 2.38. The van der Waals surface area contributed by atoms with Crippen molar-refractivity contribution in [2.75, 3.05) is 47.5 Å². The van der Waals surface area contributed by atoms with E-state index in [-0.39, 0.29) is 32.0 Å². The molecule has 0 amide bonds. The highest BCUT2D eigenvalue weighted by atomic mass is 31.2. The quantitative estimate of drug-likeness (QED) is 0.0195. The van der Waals surface area contributed by atoms with Crippen molar-refractivity contribution in [2.45, 2.75) is 367 Å². The summed E-state index contributed by atoms with van der Waals surface area (Å²) in [5, 5.41) is 0. The molecule has 0 bridgehead atoms. The van der Waals surface area contributed by atoms with Crippen LogP contribution in [0.2, 0.25) is 0 Å². The van der Waals surface area contributed by atoms with Gasteiger partial charge in [-0.25, -0.2) is 0 Å². The molecule has 0 aromatic carbocycles. The molecular formula is C84H150NO8P. The molecule has 10 heteroatoms. The van der Waals surface area contributed by atoms with Gasteiger partial charge >= 0.3 is 11.9 Å². The molecule has 0 radical (unpaired) electrons. The van der Waals surface area contributed by atoms with Crippen LogP contribution in [0.15, 0.2) is 109 Å². The molecule has 0 N–H and O–H groups in total. The van der Waals surface area contributed by atoms with Crippen molar-refractivity contribution >= 4 is 19.8 Å². The van der Waals surface area contributed by atoms with Crippen LogP contribution in [0.25, 0.3) is 0 Å². The summed E-state index contributed by atoms with van der Waals surface area (Å²) in [5.41, 5.74) is 0. The van der Waals surface area contributed by atoms with Crippen molar-refractivity contribution < 1.29 is 42.1 Å². The number of carbonyl (C=O) groups excluding carboxylic acids is 2. The smallest absolute Gasteiger partial charge is 0.306 e. The van der Waals surface area contributed by atoms with Crippen LogP contribution >= 0.6 is 7.82 Å². The number of allylic oxidation sites excluding steroid dienone is 18. The normalized spacial score (nSPS) is 13.6. The van der Waals surface area contributed by atoms with E-state index in [0.717, 1.165) is 89.9 Å². The van der Waals surface area contributed by atoms with Crippen LogP contribution in [0.3, 0.4) is 0 Å². The lowest BCUT2D eigenvalue weighted by Gasteiger charge is -2.28. The predicted molar refractivity (Wildman–Crippen MR) is 406 cm³/mol. The molecule has 544 valence electrons. The molecule has 0 spiro atoms. The Kier molecular flexibility index (Phi) is 71.3. The zero-order valence-corrected chi connectivity index (χ0v) is 63.0. The van der Waals surface area contributed by atoms with E-state index in [4.69, 9.17) is 18.5 Å². The molecule has 0 aliphatic heterocycles. The number of rotatable bonds is 73. The Bertz CT molecular complexity index is 1960. The molecule has 0 heterocycles. The number of ether oxygens (including phenoxy) is 2. The minimum absolute atomic E-state index is 0.0318. The third kappa shape index (κ3) is 77.7. The number of phosphoric acid groups is 1. The van der Waals surface area contributed by atoms with Crippen LogP contribution in [0.4, 0.5) is 0 Å². The number of quaternary nitrogens is 1. The fraction of sp³-hybridized carbons (Fsp3) is 0.762. The van der Waals surface area contributed by atoms with Crippen LogP contribution < -0.4 is 4.89 Å². The van der Waals surface area contributed by atoms with Crippen LogP contribution in [0.5, 0.6) is 0 Å². The lowest BCUT2D eigenvalue weighted by atomic mass is 10.0. The SMILES string of the molecule is CC/C=C\C/C=C\C/C=C\C/C=C\C/C=C\C/C=C\C/C=C\CCCCCCCCCCCCCCCCCCCC(=O)OC(COC(=O)CCCCCCCCCCCCCCCCCCCCC/C=C\C/C=C\CCCCCCC)COP(=O)([O-])OCC[N+](C)(C)C. The van der Waals surface area contributed by atoms with Gasteiger partial charge in [0, 0.05) is 12.8 Å². The van der Waals surface area contributed by atoms with Gasteiger partial charge < -0.3 is 27.9 Å². The average Bonchev–Trinajstić information content (AvgIpc) is 1.56. The summed E-state index contributed by atoms with van der Waals surface area (Å²) in [4.78, 5) is 38.2. The van der Waals surface area contributed by atoms with Gasteiger partial charge in [0.05, 0.1) is 27.7 Å². The number of nitrogens with zero attached hydrogens (tertiary/aromatic N) is 1. The van der Waals surface area contributed by atoms with E-state index in [1.54, 1.807) is 0 Å². The highest BCUT2D eigenvalue weighted by molar-refractivity contribution is 7.45. The number of carbonyl (C=O) groups is 2. The van der Waals surface area contributed by atoms with E-state index in [1.807, 2.05) is 21.1 Å². The average molecular weight is 1330 g/mol. The van der Waals surface area contributed by atoms with Crippen LogP contribution in [-0.2, 0) is 32.7 Å². The second-order valence-electron chi connectivity index (χ2n) is 27.7. The molecule has 2 atom stereocenters. The summed E-state index contributed by atoms with van der Waals surface area (Å²) < 4.78 is 34.4. The van der Waals surface area contributed by atoms with Crippen molar-refractivity contribution in [3.63, 3.8) is 0 Å². The number of hydrogen-bond donors (Lipinski definition) is 0. The molecule has 94 heavy (non-hydrogen) atoms. The molecule has 0 rings (SSSR count). The van der Waals surface area contributed by atoms with Crippen LogP contribution in [0, 0.1) is 0 Å². The standard InChI is InChI=1S/C84H150NO8P/c1-6-8-10-12-14-16-18-20-22-24-26-28-30-32-34-36-38-39-40-41-42-43-44-45-47-49-51-53-55-57-59-61-63-65-67-69-71-73-75-77-84(87)93-82(81-92-94(88,89)91-79-78-85(3,4)5)80-90-83(86)76-74-72-70-68-66-64-62-60-58-56-54-52-50-48-46-37-35-33-31-29-27-25-23-21-19-17-15-13-11-9-7-2/h8,10,14,16,19-22,25-28,32,34,38-39,41-42,82H,6-7,9,11-13,15,17-18,23-24,29-31,33,35-37,40,43-81H2,1-5H3/b10-8-,16-14-,21-19-,22-20-,27-25-,28-26-,34-32-,39-38-,42-41-. The summed E-state index contributed by atoms with van der Waals surface area (Å²) in [5.74, 6) is -0.819. The molecule has 2 unspecified atom stereocenters. The van der Waals surface area contributed by atoms with Gasteiger partial charge in [0.25, 0.3) is 7.82 Å². The van der Waals surface area contributed by atoms with Gasteiger partial charge in [-0.2, -0.15) is 0 Å².